The maximum atomic E-state index is 2.67. The number of para-hydroxylation sites is 1. The lowest BCUT2D eigenvalue weighted by molar-refractivity contribution is 0.414. The molecular weight excluding hydrogens is 697 g/mol. The Kier molecular flexibility index (Phi) is 8.56. The molecule has 10 rings (SSSR count). The summed E-state index contributed by atoms with van der Waals surface area (Å²) in [5.74, 6) is 0. The quantitative estimate of drug-likeness (QED) is 0.135. The Hall–Kier alpha value is -5.38. The van der Waals surface area contributed by atoms with Crippen molar-refractivity contribution in [2.24, 2.45) is 0 Å². The molecule has 9 aromatic rings. The third-order valence-electron chi connectivity index (χ3n) is 12.7. The molecule has 3 heteroatoms. The highest BCUT2D eigenvalue weighted by atomic mass is 32.1. The van der Waals surface area contributed by atoms with Gasteiger partial charge in [0.05, 0.1) is 22.6 Å². The first-order chi connectivity index (χ1) is 27.4. The Morgan fingerprint density at radius 2 is 1.20 bits per heavy atom. The monoisotopic (exact) mass is 746 g/mol. The number of rotatable bonds is 10. The van der Waals surface area contributed by atoms with Crippen molar-refractivity contribution in [3.05, 3.63) is 150 Å². The Labute approximate surface area is 335 Å². The zero-order chi connectivity index (χ0) is 38.1. The van der Waals surface area contributed by atoms with E-state index in [1.165, 1.54) is 123 Å². The second-order valence-corrected chi connectivity index (χ2v) is 17.5. The lowest BCUT2D eigenvalue weighted by atomic mass is 9.70. The van der Waals surface area contributed by atoms with Crippen molar-refractivity contribution in [1.29, 1.82) is 0 Å². The molecule has 1 aliphatic carbocycles. The molecule has 0 unspecified atom stereocenters. The van der Waals surface area contributed by atoms with E-state index in [2.05, 4.69) is 178 Å². The first-order valence-electron chi connectivity index (χ1n) is 20.8. The van der Waals surface area contributed by atoms with Crippen molar-refractivity contribution in [2.75, 3.05) is 4.90 Å². The van der Waals surface area contributed by atoms with E-state index in [0.29, 0.717) is 6.04 Å². The molecular formula is C53H50N2S. The zero-order valence-corrected chi connectivity index (χ0v) is 34.1. The van der Waals surface area contributed by atoms with Crippen molar-refractivity contribution in [3.8, 4) is 11.1 Å². The number of hydrogen-bond donors (Lipinski definition) is 0. The van der Waals surface area contributed by atoms with Crippen LogP contribution in [0.1, 0.15) is 89.0 Å². The van der Waals surface area contributed by atoms with Gasteiger partial charge in [0.2, 0.25) is 0 Å². The molecule has 2 aromatic heterocycles. The highest BCUT2D eigenvalue weighted by Crippen LogP contribution is 2.59. The highest BCUT2D eigenvalue weighted by Gasteiger charge is 2.44. The van der Waals surface area contributed by atoms with Gasteiger partial charge in [-0.2, -0.15) is 0 Å². The molecule has 0 amide bonds. The molecule has 0 N–H and O–H groups in total. The van der Waals surface area contributed by atoms with E-state index in [1.807, 2.05) is 11.3 Å². The number of thiophene rings is 1. The van der Waals surface area contributed by atoms with E-state index in [0.717, 1.165) is 12.8 Å². The number of nitrogens with zero attached hydrogens (tertiary/aromatic N) is 2. The van der Waals surface area contributed by atoms with Gasteiger partial charge in [-0.25, -0.2) is 0 Å². The summed E-state index contributed by atoms with van der Waals surface area (Å²) in [7, 11) is 0. The normalized spacial score (nSPS) is 13.5. The van der Waals surface area contributed by atoms with E-state index in [-0.39, 0.29) is 5.41 Å². The summed E-state index contributed by atoms with van der Waals surface area (Å²) in [6, 6.07) is 51.5. The fourth-order valence-electron chi connectivity index (χ4n) is 10.4. The summed E-state index contributed by atoms with van der Waals surface area (Å²) >= 11 is 1.90. The number of hydrogen-bond acceptors (Lipinski definition) is 2. The van der Waals surface area contributed by atoms with Gasteiger partial charge in [0.1, 0.15) is 0 Å². The number of fused-ring (bicyclic) bond motifs is 11. The molecule has 0 aliphatic heterocycles. The molecule has 2 heterocycles. The van der Waals surface area contributed by atoms with Crippen molar-refractivity contribution >= 4 is 81.1 Å². The third kappa shape index (κ3) is 5.13. The van der Waals surface area contributed by atoms with Crippen molar-refractivity contribution < 1.29 is 0 Å². The molecule has 0 fully saturated rings. The Balaban J connectivity index is 1.38. The van der Waals surface area contributed by atoms with Gasteiger partial charge in [0, 0.05) is 53.3 Å². The molecule has 278 valence electrons. The number of aryl methyl sites for hydroxylation is 1. The van der Waals surface area contributed by atoms with Gasteiger partial charge in [-0.05, 0) is 104 Å². The number of anilines is 3. The summed E-state index contributed by atoms with van der Waals surface area (Å²) < 4.78 is 5.18. The first kappa shape index (κ1) is 35.1. The molecule has 56 heavy (non-hydrogen) atoms. The summed E-state index contributed by atoms with van der Waals surface area (Å²) in [5.41, 5.74) is 13.5. The van der Waals surface area contributed by atoms with Gasteiger partial charge in [0.25, 0.3) is 0 Å². The molecule has 0 atom stereocenters. The summed E-state index contributed by atoms with van der Waals surface area (Å²) in [5, 5.41) is 7.89. The van der Waals surface area contributed by atoms with E-state index in [1.54, 1.807) is 0 Å². The van der Waals surface area contributed by atoms with Crippen LogP contribution in [0.25, 0.3) is 63.9 Å². The van der Waals surface area contributed by atoms with Crippen molar-refractivity contribution in [2.45, 2.75) is 84.6 Å². The van der Waals surface area contributed by atoms with Crippen LogP contribution in [0.5, 0.6) is 0 Å². The van der Waals surface area contributed by atoms with E-state index < -0.39 is 0 Å². The van der Waals surface area contributed by atoms with Gasteiger partial charge >= 0.3 is 0 Å². The average molecular weight is 747 g/mol. The Morgan fingerprint density at radius 1 is 0.571 bits per heavy atom. The van der Waals surface area contributed by atoms with E-state index in [9.17, 15) is 0 Å². The molecule has 0 saturated carbocycles. The minimum atomic E-state index is -0.0477. The smallest absolute Gasteiger partial charge is 0.0562 e. The number of unbranched alkanes of at least 4 members (excludes halogenated alkanes) is 2. The molecule has 7 aromatic carbocycles. The second-order valence-electron chi connectivity index (χ2n) is 16.4. The van der Waals surface area contributed by atoms with Gasteiger partial charge in [-0.3, -0.25) is 0 Å². The molecule has 1 aliphatic rings. The van der Waals surface area contributed by atoms with Crippen LogP contribution in [0.2, 0.25) is 0 Å². The minimum Gasteiger partial charge on any atom is -0.338 e. The fraction of sp³-hybridized carbons (Fsp3) is 0.245. The van der Waals surface area contributed by atoms with Gasteiger partial charge in [0.15, 0.2) is 0 Å². The predicted molar refractivity (Wildman–Crippen MR) is 245 cm³/mol. The van der Waals surface area contributed by atoms with E-state index >= 15 is 0 Å². The van der Waals surface area contributed by atoms with Crippen molar-refractivity contribution in [1.82, 2.24) is 4.57 Å². The van der Waals surface area contributed by atoms with Crippen molar-refractivity contribution in [3.63, 3.8) is 0 Å². The number of benzene rings is 7. The van der Waals surface area contributed by atoms with Crippen LogP contribution in [-0.2, 0) is 5.41 Å². The topological polar surface area (TPSA) is 8.17 Å². The van der Waals surface area contributed by atoms with Crippen LogP contribution in [0, 0.1) is 6.92 Å². The second kappa shape index (κ2) is 13.7. The number of aromatic nitrogens is 1. The molecule has 0 saturated heterocycles. The highest BCUT2D eigenvalue weighted by molar-refractivity contribution is 7.26. The van der Waals surface area contributed by atoms with Crippen LogP contribution in [-0.4, -0.2) is 4.57 Å². The lowest BCUT2D eigenvalue weighted by Gasteiger charge is -2.35. The van der Waals surface area contributed by atoms with E-state index in [4.69, 9.17) is 0 Å². The van der Waals surface area contributed by atoms with Crippen LogP contribution < -0.4 is 4.90 Å². The Morgan fingerprint density at radius 3 is 1.95 bits per heavy atom. The largest absolute Gasteiger partial charge is 0.338 e. The van der Waals surface area contributed by atoms with Gasteiger partial charge < -0.3 is 9.47 Å². The minimum absolute atomic E-state index is 0.0477. The summed E-state index contributed by atoms with van der Waals surface area (Å²) in [6.45, 7) is 11.6. The van der Waals surface area contributed by atoms with Crippen LogP contribution in [0.15, 0.2) is 133 Å². The van der Waals surface area contributed by atoms with Gasteiger partial charge in [-0.1, -0.05) is 136 Å². The maximum absolute atomic E-state index is 2.67. The maximum Gasteiger partial charge on any atom is 0.0562 e. The molecule has 2 nitrogen and oxygen atoms in total. The molecule has 0 bridgehead atoms. The lowest BCUT2D eigenvalue weighted by Crippen LogP contribution is -2.26. The third-order valence-corrected chi connectivity index (χ3v) is 13.9. The molecule has 0 radical (unpaired) electrons. The average Bonchev–Trinajstić information content (AvgIpc) is 3.86. The summed E-state index contributed by atoms with van der Waals surface area (Å²) in [4.78, 5) is 2.67. The SMILES string of the molecule is CCCCC1(CCCC)c2cc(C)ccc2-c2c1cc(N(c1cccc3sc4ccccc4c13)c1cccc3c1c1ccccc1n3C(C)C)c1ccccc21. The fourth-order valence-corrected chi connectivity index (χ4v) is 11.5. The van der Waals surface area contributed by atoms with Crippen LogP contribution in [0.3, 0.4) is 0 Å². The Bertz CT molecular complexity index is 2950. The molecule has 0 spiro atoms. The summed E-state index contributed by atoms with van der Waals surface area (Å²) in [6.07, 6.45) is 7.10. The zero-order valence-electron chi connectivity index (χ0n) is 33.3. The first-order valence-corrected chi connectivity index (χ1v) is 21.7. The predicted octanol–water partition coefficient (Wildman–Crippen LogP) is 16.3. The standard InChI is InChI=1S/C53H50N2S/c1-6-8-30-53(31-9-7-2)41-32-35(5)28-29-38(41)50-37-19-11-10-18-36(37)47(33-42(50)53)55(46-25-17-27-49-52(46)40-21-13-15-26-48(40)56-49)45-24-16-23-44-51(45)39-20-12-14-22-43(39)54(44)34(3)4/h10-29,32-34H,6-9,30-31H2,1-5H3. The van der Waals surface area contributed by atoms with Crippen LogP contribution >= 0.6 is 11.3 Å². The van der Waals surface area contributed by atoms with Crippen LogP contribution in [0.4, 0.5) is 17.1 Å². The van der Waals surface area contributed by atoms with Gasteiger partial charge in [-0.15, -0.1) is 11.3 Å².